The van der Waals surface area contributed by atoms with Crippen LogP contribution in [-0.2, 0) is 5.54 Å². The molecule has 1 atom stereocenters. The van der Waals surface area contributed by atoms with Crippen LogP contribution in [-0.4, -0.2) is 33.9 Å². The zero-order chi connectivity index (χ0) is 13.3. The van der Waals surface area contributed by atoms with Crippen LogP contribution in [0.5, 0.6) is 0 Å². The first-order valence-corrected chi connectivity index (χ1v) is 6.29. The minimum absolute atomic E-state index is 0.0978. The minimum Gasteiger partial charge on any atom is -0.465 e. The van der Waals surface area contributed by atoms with E-state index in [4.69, 9.17) is 11.6 Å². The molecule has 18 heavy (non-hydrogen) atoms. The lowest BCUT2D eigenvalue weighted by Crippen LogP contribution is -2.43. The van der Waals surface area contributed by atoms with Crippen LogP contribution in [0.1, 0.15) is 25.3 Å². The van der Waals surface area contributed by atoms with Gasteiger partial charge < -0.3 is 10.2 Å². The number of nitrogens with zero attached hydrogens (tertiary/aromatic N) is 1. The molecule has 1 saturated carbocycles. The predicted molar refractivity (Wildman–Crippen MR) is 68.8 cm³/mol. The molecule has 0 aliphatic heterocycles. The molecule has 1 aliphatic carbocycles. The van der Waals surface area contributed by atoms with Crippen molar-refractivity contribution < 1.29 is 15.0 Å². The molecule has 0 heterocycles. The van der Waals surface area contributed by atoms with E-state index < -0.39 is 17.7 Å². The van der Waals surface area contributed by atoms with E-state index in [2.05, 4.69) is 0 Å². The van der Waals surface area contributed by atoms with Crippen molar-refractivity contribution >= 4 is 17.7 Å². The van der Waals surface area contributed by atoms with Crippen LogP contribution in [0.2, 0.25) is 5.02 Å². The van der Waals surface area contributed by atoms with Gasteiger partial charge in [-0.2, -0.15) is 0 Å². The molecule has 0 radical (unpaired) electrons. The second-order valence-corrected chi connectivity index (χ2v) is 5.16. The molecule has 5 heteroatoms. The molecule has 98 valence electrons. The fourth-order valence-corrected chi connectivity index (χ4v) is 2.65. The van der Waals surface area contributed by atoms with Crippen molar-refractivity contribution in [3.05, 3.63) is 34.9 Å². The normalized spacial score (nSPS) is 18.2. The number of aliphatic hydroxyl groups excluding tert-OH is 1. The molecule has 1 amide bonds. The molecule has 0 unspecified atom stereocenters. The largest absolute Gasteiger partial charge is 0.465 e. The van der Waals surface area contributed by atoms with Gasteiger partial charge in [0.05, 0.1) is 18.2 Å². The van der Waals surface area contributed by atoms with Gasteiger partial charge in [-0.3, -0.25) is 4.90 Å². The average molecular weight is 270 g/mol. The summed E-state index contributed by atoms with van der Waals surface area (Å²) in [6, 6.07) is 7.29. The Morgan fingerprint density at radius 1 is 1.50 bits per heavy atom. The Labute approximate surface area is 111 Å². The number of carboxylic acid groups (broad SMARTS) is 1. The Hall–Kier alpha value is -1.26. The number of halogens is 1. The molecule has 0 saturated heterocycles. The summed E-state index contributed by atoms with van der Waals surface area (Å²) in [5.41, 5.74) is 0.274. The van der Waals surface area contributed by atoms with E-state index in [0.717, 1.165) is 18.4 Å². The van der Waals surface area contributed by atoms with Crippen LogP contribution in [0.15, 0.2) is 24.3 Å². The minimum atomic E-state index is -1.02. The lowest BCUT2D eigenvalue weighted by Gasteiger charge is -2.31. The standard InChI is InChI=1S/C13H16ClNO3/c1-9(16)8-15(12(17)18)13(6-7-13)10-4-2-3-5-11(10)14/h2-5,9,16H,6-8H2,1H3,(H,17,18)/t9-/m1/s1. The fourth-order valence-electron chi connectivity index (χ4n) is 2.34. The van der Waals surface area contributed by atoms with Crippen LogP contribution >= 0.6 is 11.6 Å². The SMILES string of the molecule is C[C@@H](O)CN(C(=O)O)C1(c2ccccc2Cl)CC1. The highest BCUT2D eigenvalue weighted by Crippen LogP contribution is 2.53. The Morgan fingerprint density at radius 2 is 2.11 bits per heavy atom. The topological polar surface area (TPSA) is 60.8 Å². The highest BCUT2D eigenvalue weighted by molar-refractivity contribution is 6.31. The number of hydrogen-bond donors (Lipinski definition) is 2. The quantitative estimate of drug-likeness (QED) is 0.883. The summed E-state index contributed by atoms with van der Waals surface area (Å²) < 4.78 is 0. The molecule has 1 aromatic carbocycles. The van der Waals surface area contributed by atoms with Gasteiger partial charge in [0.2, 0.25) is 0 Å². The smallest absolute Gasteiger partial charge is 0.408 e. The fraction of sp³-hybridized carbons (Fsp3) is 0.462. The van der Waals surface area contributed by atoms with E-state index in [1.165, 1.54) is 4.90 Å². The first-order valence-electron chi connectivity index (χ1n) is 5.91. The molecule has 4 nitrogen and oxygen atoms in total. The summed E-state index contributed by atoms with van der Waals surface area (Å²) in [7, 11) is 0. The maximum absolute atomic E-state index is 11.4. The summed E-state index contributed by atoms with van der Waals surface area (Å²) in [6.07, 6.45) is -0.222. The molecule has 0 aromatic heterocycles. The lowest BCUT2D eigenvalue weighted by atomic mass is 10.0. The van der Waals surface area contributed by atoms with Crippen LogP contribution in [0, 0.1) is 0 Å². The lowest BCUT2D eigenvalue weighted by molar-refractivity contribution is 0.0758. The van der Waals surface area contributed by atoms with Crippen molar-refractivity contribution in [1.29, 1.82) is 0 Å². The average Bonchev–Trinajstić information content (AvgIpc) is 3.07. The molecule has 1 aliphatic rings. The summed E-state index contributed by atoms with van der Waals surface area (Å²) >= 11 is 6.15. The van der Waals surface area contributed by atoms with Crippen molar-refractivity contribution in [2.75, 3.05) is 6.54 Å². The number of rotatable bonds is 4. The number of aliphatic hydroxyl groups is 1. The van der Waals surface area contributed by atoms with Crippen LogP contribution in [0.3, 0.4) is 0 Å². The third kappa shape index (κ3) is 2.31. The monoisotopic (exact) mass is 269 g/mol. The highest BCUT2D eigenvalue weighted by Gasteiger charge is 2.52. The highest BCUT2D eigenvalue weighted by atomic mass is 35.5. The molecule has 0 bridgehead atoms. The first-order chi connectivity index (χ1) is 8.47. The second kappa shape index (κ2) is 4.78. The van der Waals surface area contributed by atoms with Crippen LogP contribution < -0.4 is 0 Å². The molecule has 2 N–H and O–H groups in total. The number of amides is 1. The van der Waals surface area contributed by atoms with Crippen molar-refractivity contribution in [2.45, 2.75) is 31.4 Å². The molecule has 2 rings (SSSR count). The zero-order valence-electron chi connectivity index (χ0n) is 10.1. The van der Waals surface area contributed by atoms with Gasteiger partial charge in [0, 0.05) is 5.02 Å². The van der Waals surface area contributed by atoms with E-state index in [1.807, 2.05) is 18.2 Å². The van der Waals surface area contributed by atoms with Crippen LogP contribution in [0.25, 0.3) is 0 Å². The Kier molecular flexibility index (Phi) is 3.50. The van der Waals surface area contributed by atoms with Gasteiger partial charge in [0.15, 0.2) is 0 Å². The predicted octanol–water partition coefficient (Wildman–Crippen LogP) is 2.69. The number of carbonyl (C=O) groups is 1. The van der Waals surface area contributed by atoms with Gasteiger partial charge in [-0.1, -0.05) is 29.8 Å². The molecule has 0 spiro atoms. The van der Waals surface area contributed by atoms with Crippen LogP contribution in [0.4, 0.5) is 4.79 Å². The number of benzene rings is 1. The van der Waals surface area contributed by atoms with Crippen molar-refractivity contribution in [3.8, 4) is 0 Å². The summed E-state index contributed by atoms with van der Waals surface area (Å²) in [4.78, 5) is 12.7. The van der Waals surface area contributed by atoms with E-state index in [1.54, 1.807) is 13.0 Å². The first kappa shape index (κ1) is 13.2. The Bertz CT molecular complexity index is 457. The van der Waals surface area contributed by atoms with Crippen molar-refractivity contribution in [1.82, 2.24) is 4.90 Å². The molecule has 1 fully saturated rings. The number of hydrogen-bond acceptors (Lipinski definition) is 2. The maximum atomic E-state index is 11.4. The van der Waals surface area contributed by atoms with E-state index in [-0.39, 0.29) is 6.54 Å². The molecular formula is C13H16ClNO3. The zero-order valence-corrected chi connectivity index (χ0v) is 10.9. The summed E-state index contributed by atoms with van der Waals surface area (Å²) in [5.74, 6) is 0. The summed E-state index contributed by atoms with van der Waals surface area (Å²) in [5, 5.41) is 19.3. The van der Waals surface area contributed by atoms with E-state index in [0.29, 0.717) is 5.02 Å². The molecular weight excluding hydrogens is 254 g/mol. The van der Waals surface area contributed by atoms with Gasteiger partial charge >= 0.3 is 6.09 Å². The Balaban J connectivity index is 2.35. The van der Waals surface area contributed by atoms with Gasteiger partial charge in [-0.05, 0) is 31.4 Å². The maximum Gasteiger partial charge on any atom is 0.408 e. The third-order valence-corrected chi connectivity index (χ3v) is 3.62. The van der Waals surface area contributed by atoms with Gasteiger partial charge in [-0.25, -0.2) is 4.79 Å². The van der Waals surface area contributed by atoms with E-state index >= 15 is 0 Å². The van der Waals surface area contributed by atoms with Gasteiger partial charge in [0.25, 0.3) is 0 Å². The van der Waals surface area contributed by atoms with Crippen molar-refractivity contribution in [2.24, 2.45) is 0 Å². The Morgan fingerprint density at radius 3 is 2.56 bits per heavy atom. The van der Waals surface area contributed by atoms with E-state index in [9.17, 15) is 15.0 Å². The van der Waals surface area contributed by atoms with Gasteiger partial charge in [-0.15, -0.1) is 0 Å². The third-order valence-electron chi connectivity index (χ3n) is 3.29. The van der Waals surface area contributed by atoms with Gasteiger partial charge in [0.1, 0.15) is 0 Å². The second-order valence-electron chi connectivity index (χ2n) is 4.75. The van der Waals surface area contributed by atoms with Crippen molar-refractivity contribution in [3.63, 3.8) is 0 Å². The summed E-state index contributed by atoms with van der Waals surface area (Å²) in [6.45, 7) is 1.68. The molecule has 1 aromatic rings.